The number of hydrogen-bond acceptors (Lipinski definition) is 5. The number of hydrogen-bond donors (Lipinski definition) is 2. The number of carboxylic acid groups (broad SMARTS) is 1. The van der Waals surface area contributed by atoms with Gasteiger partial charge in [0.1, 0.15) is 11.4 Å². The molecular weight excluding hydrogens is 257 g/mol. The minimum absolute atomic E-state index is 0.0905. The largest absolute Gasteiger partial charge is 0.480 e. The molecule has 1 unspecified atom stereocenters. The molecule has 1 atom stereocenters. The molecule has 19 heavy (non-hydrogen) atoms. The molecule has 1 rings (SSSR count). The van der Waals surface area contributed by atoms with Crippen molar-refractivity contribution in [2.45, 2.75) is 38.8 Å². The number of aryl methyl sites for hydroxylation is 1. The Bertz CT molecular complexity index is 544. The summed E-state index contributed by atoms with van der Waals surface area (Å²) in [5.74, 6) is -2.19. The number of nitrogens with zero attached hydrogens (tertiary/aromatic N) is 2. The van der Waals surface area contributed by atoms with E-state index in [0.29, 0.717) is 0 Å². The van der Waals surface area contributed by atoms with Gasteiger partial charge in [-0.2, -0.15) is 0 Å². The first-order valence-corrected chi connectivity index (χ1v) is 5.64. The van der Waals surface area contributed by atoms with Gasteiger partial charge in [0.15, 0.2) is 5.82 Å². The number of aromatic nitrogens is 2. The number of nitrogens with two attached hydrogens (primary N) is 1. The van der Waals surface area contributed by atoms with Crippen molar-refractivity contribution in [2.24, 2.45) is 5.73 Å². The summed E-state index contributed by atoms with van der Waals surface area (Å²) in [7, 11) is 0. The lowest BCUT2D eigenvalue weighted by Gasteiger charge is -2.17. The zero-order valence-corrected chi connectivity index (χ0v) is 10.7. The normalized spacial score (nSPS) is 15.3. The number of carboxylic acids is 1. The summed E-state index contributed by atoms with van der Waals surface area (Å²) in [6.07, 6.45) is 1.45. The predicted octanol–water partition coefficient (Wildman–Crippen LogP) is 0.580. The highest BCUT2D eigenvalue weighted by atomic mass is 19.1. The summed E-state index contributed by atoms with van der Waals surface area (Å²) in [4.78, 5) is 21.9. The van der Waals surface area contributed by atoms with Crippen LogP contribution in [0.1, 0.15) is 25.6 Å². The maximum absolute atomic E-state index is 13.5. The molecule has 0 aliphatic heterocycles. The second-order valence-corrected chi connectivity index (χ2v) is 4.49. The van der Waals surface area contributed by atoms with Crippen LogP contribution >= 0.6 is 0 Å². The first kappa shape index (κ1) is 15.1. The summed E-state index contributed by atoms with van der Waals surface area (Å²) in [5, 5.41) is 12.2. The van der Waals surface area contributed by atoms with Crippen LogP contribution in [0, 0.1) is 6.92 Å². The molecule has 0 fully saturated rings. The third kappa shape index (κ3) is 4.02. The van der Waals surface area contributed by atoms with E-state index in [9.17, 15) is 14.0 Å². The summed E-state index contributed by atoms with van der Waals surface area (Å²) >= 11 is 0. The van der Waals surface area contributed by atoms with E-state index in [1.807, 2.05) is 0 Å². The molecule has 0 saturated carbocycles. The lowest BCUT2D eigenvalue weighted by molar-refractivity contribution is -0.142. The predicted molar refractivity (Wildman–Crippen MR) is 64.2 cm³/mol. The SMILES string of the molecule is Cc1noc(=O)n1CC(F)=CCCC(C)(N)C(=O)O. The monoisotopic (exact) mass is 273 g/mol. The van der Waals surface area contributed by atoms with E-state index in [4.69, 9.17) is 10.8 Å². The lowest BCUT2D eigenvalue weighted by atomic mass is 9.97. The zero-order valence-electron chi connectivity index (χ0n) is 10.7. The quantitative estimate of drug-likeness (QED) is 0.784. The standard InChI is InChI=1S/C11H16FN3O4/c1-7-14-19-10(18)15(7)6-8(12)4-3-5-11(2,13)9(16)17/h4H,3,5-6,13H2,1-2H3,(H,16,17). The van der Waals surface area contributed by atoms with Crippen molar-refractivity contribution >= 4 is 5.97 Å². The molecule has 0 amide bonds. The van der Waals surface area contributed by atoms with Gasteiger partial charge >= 0.3 is 11.7 Å². The van der Waals surface area contributed by atoms with Gasteiger partial charge < -0.3 is 10.8 Å². The van der Waals surface area contributed by atoms with E-state index in [1.54, 1.807) is 0 Å². The number of carbonyl (C=O) groups is 1. The van der Waals surface area contributed by atoms with Crippen LogP contribution in [-0.4, -0.2) is 26.3 Å². The van der Waals surface area contributed by atoms with Crippen molar-refractivity contribution in [2.75, 3.05) is 0 Å². The molecule has 0 spiro atoms. The molecule has 1 aromatic heterocycles. The number of rotatable bonds is 6. The van der Waals surface area contributed by atoms with Crippen molar-refractivity contribution in [1.29, 1.82) is 0 Å². The maximum Gasteiger partial charge on any atom is 0.441 e. The molecule has 1 aromatic rings. The minimum atomic E-state index is -1.40. The van der Waals surface area contributed by atoms with Crippen LogP contribution in [0.15, 0.2) is 21.2 Å². The summed E-state index contributed by atoms with van der Waals surface area (Å²) in [5.41, 5.74) is 4.10. The maximum atomic E-state index is 13.5. The van der Waals surface area contributed by atoms with E-state index in [1.165, 1.54) is 19.9 Å². The molecule has 0 saturated heterocycles. The fraction of sp³-hybridized carbons (Fsp3) is 0.545. The highest BCUT2D eigenvalue weighted by molar-refractivity contribution is 5.77. The van der Waals surface area contributed by atoms with E-state index >= 15 is 0 Å². The zero-order chi connectivity index (χ0) is 14.6. The van der Waals surface area contributed by atoms with E-state index in [-0.39, 0.29) is 25.2 Å². The Hall–Kier alpha value is -1.96. The number of aliphatic carboxylic acids is 1. The third-order valence-electron chi connectivity index (χ3n) is 2.69. The van der Waals surface area contributed by atoms with Gasteiger partial charge in [-0.3, -0.25) is 13.9 Å². The molecule has 106 valence electrons. The van der Waals surface area contributed by atoms with Crippen LogP contribution in [0.2, 0.25) is 0 Å². The molecule has 7 nitrogen and oxygen atoms in total. The van der Waals surface area contributed by atoms with Gasteiger partial charge in [-0.25, -0.2) is 9.18 Å². The second-order valence-electron chi connectivity index (χ2n) is 4.49. The van der Waals surface area contributed by atoms with E-state index < -0.39 is 23.1 Å². The summed E-state index contributed by atoms with van der Waals surface area (Å²) in [6.45, 7) is 2.58. The molecular formula is C11H16FN3O4. The van der Waals surface area contributed by atoms with Crippen molar-refractivity contribution in [3.63, 3.8) is 0 Å². The fourth-order valence-electron chi connectivity index (χ4n) is 1.37. The average Bonchev–Trinajstić information content (AvgIpc) is 2.60. The van der Waals surface area contributed by atoms with Crippen LogP contribution in [-0.2, 0) is 11.3 Å². The Morgan fingerprint density at radius 2 is 2.32 bits per heavy atom. The average molecular weight is 273 g/mol. The Kier molecular flexibility index (Phi) is 4.60. The molecule has 0 radical (unpaired) electrons. The van der Waals surface area contributed by atoms with Crippen LogP contribution < -0.4 is 11.5 Å². The van der Waals surface area contributed by atoms with Crippen LogP contribution in [0.3, 0.4) is 0 Å². The molecule has 0 bridgehead atoms. The topological polar surface area (TPSA) is 111 Å². The highest BCUT2D eigenvalue weighted by Crippen LogP contribution is 2.12. The lowest BCUT2D eigenvalue weighted by Crippen LogP contribution is -2.44. The van der Waals surface area contributed by atoms with Crippen molar-refractivity contribution in [3.8, 4) is 0 Å². The van der Waals surface area contributed by atoms with Gasteiger partial charge in [0.2, 0.25) is 0 Å². The van der Waals surface area contributed by atoms with Crippen molar-refractivity contribution in [3.05, 3.63) is 28.3 Å². The highest BCUT2D eigenvalue weighted by Gasteiger charge is 2.26. The Labute approximate surface area is 108 Å². The summed E-state index contributed by atoms with van der Waals surface area (Å²) < 4.78 is 18.9. The van der Waals surface area contributed by atoms with Gasteiger partial charge in [-0.15, -0.1) is 0 Å². The molecule has 0 aromatic carbocycles. The first-order valence-electron chi connectivity index (χ1n) is 5.64. The van der Waals surface area contributed by atoms with Crippen molar-refractivity contribution < 1.29 is 18.8 Å². The van der Waals surface area contributed by atoms with Crippen LogP contribution in [0.5, 0.6) is 0 Å². The smallest absolute Gasteiger partial charge is 0.441 e. The van der Waals surface area contributed by atoms with Crippen molar-refractivity contribution in [1.82, 2.24) is 9.72 Å². The van der Waals surface area contributed by atoms with Gasteiger partial charge in [-0.05, 0) is 26.7 Å². The van der Waals surface area contributed by atoms with E-state index in [2.05, 4.69) is 9.68 Å². The van der Waals surface area contributed by atoms with E-state index in [0.717, 1.165) is 4.57 Å². The molecule has 0 aliphatic rings. The number of halogens is 1. The third-order valence-corrected chi connectivity index (χ3v) is 2.69. The fourth-order valence-corrected chi connectivity index (χ4v) is 1.37. The molecule has 8 heteroatoms. The van der Waals surface area contributed by atoms with Crippen LogP contribution in [0.25, 0.3) is 0 Å². The first-order chi connectivity index (χ1) is 8.74. The Morgan fingerprint density at radius 1 is 1.68 bits per heavy atom. The van der Waals surface area contributed by atoms with Gasteiger partial charge in [0.25, 0.3) is 0 Å². The molecule has 3 N–H and O–H groups in total. The molecule has 0 aliphatic carbocycles. The Morgan fingerprint density at radius 3 is 2.79 bits per heavy atom. The minimum Gasteiger partial charge on any atom is -0.480 e. The summed E-state index contributed by atoms with van der Waals surface area (Å²) in [6, 6.07) is 0. The molecule has 1 heterocycles. The van der Waals surface area contributed by atoms with Gasteiger partial charge in [0.05, 0.1) is 6.54 Å². The second kappa shape index (κ2) is 5.79. The number of allylic oxidation sites excluding steroid dienone is 2. The Balaban J connectivity index is 2.60. The van der Waals surface area contributed by atoms with Gasteiger partial charge in [0, 0.05) is 0 Å². The van der Waals surface area contributed by atoms with Gasteiger partial charge in [-0.1, -0.05) is 11.2 Å². The van der Waals surface area contributed by atoms with Crippen LogP contribution in [0.4, 0.5) is 4.39 Å².